The number of aromatic nitrogens is 3. The number of benzene rings is 2. The van der Waals surface area contributed by atoms with Crippen molar-refractivity contribution in [1.82, 2.24) is 15.0 Å². The van der Waals surface area contributed by atoms with Gasteiger partial charge in [0.25, 0.3) is 0 Å². The minimum absolute atomic E-state index is 0.147. The van der Waals surface area contributed by atoms with Gasteiger partial charge < -0.3 is 9.84 Å². The van der Waals surface area contributed by atoms with Crippen molar-refractivity contribution in [2.24, 2.45) is 0 Å². The molecule has 0 aliphatic carbocycles. The lowest BCUT2D eigenvalue weighted by Gasteiger charge is -2.07. The number of hydrogen-bond acceptors (Lipinski definition) is 4. The molecule has 2 heterocycles. The monoisotopic (exact) mass is 253 g/mol. The second kappa shape index (κ2) is 3.80. The standard InChI is InChI=1S/C14H11N3O2/c18-13-6-5-9(14-8-19-14)7-12(13)17-11-4-2-1-3-10(11)15-16-17/h1-7,14,18H,8H2. The molecule has 0 saturated carbocycles. The number of nitrogens with zero attached hydrogens (tertiary/aromatic N) is 3. The van der Waals surface area contributed by atoms with Crippen molar-refractivity contribution < 1.29 is 9.84 Å². The smallest absolute Gasteiger partial charge is 0.141 e. The zero-order chi connectivity index (χ0) is 12.8. The van der Waals surface area contributed by atoms with Gasteiger partial charge in [-0.25, -0.2) is 4.68 Å². The van der Waals surface area contributed by atoms with Crippen LogP contribution in [0.4, 0.5) is 0 Å². The molecule has 19 heavy (non-hydrogen) atoms. The lowest BCUT2D eigenvalue weighted by Crippen LogP contribution is -1.98. The highest BCUT2D eigenvalue weighted by molar-refractivity contribution is 5.76. The van der Waals surface area contributed by atoms with Crippen LogP contribution in [0.2, 0.25) is 0 Å². The maximum Gasteiger partial charge on any atom is 0.141 e. The van der Waals surface area contributed by atoms with E-state index < -0.39 is 0 Å². The second-order valence-corrected chi connectivity index (χ2v) is 4.56. The summed E-state index contributed by atoms with van der Waals surface area (Å²) >= 11 is 0. The maximum atomic E-state index is 10.0. The van der Waals surface area contributed by atoms with Crippen LogP contribution in [0.3, 0.4) is 0 Å². The summed E-state index contributed by atoms with van der Waals surface area (Å²) in [6.45, 7) is 0.738. The van der Waals surface area contributed by atoms with Gasteiger partial charge >= 0.3 is 0 Å². The SMILES string of the molecule is Oc1ccc(C2CO2)cc1-n1nnc2ccccc21. The Morgan fingerprint density at radius 2 is 2.05 bits per heavy atom. The minimum atomic E-state index is 0.147. The number of hydrogen-bond donors (Lipinski definition) is 1. The molecule has 1 aliphatic heterocycles. The predicted octanol–water partition coefficient (Wildman–Crippen LogP) is 2.20. The van der Waals surface area contributed by atoms with Crippen molar-refractivity contribution in [3.63, 3.8) is 0 Å². The van der Waals surface area contributed by atoms with Crippen LogP contribution in [0.15, 0.2) is 42.5 Å². The highest BCUT2D eigenvalue weighted by Gasteiger charge is 2.26. The van der Waals surface area contributed by atoms with Crippen molar-refractivity contribution in [2.45, 2.75) is 6.10 Å². The van der Waals surface area contributed by atoms with E-state index in [0.29, 0.717) is 5.69 Å². The van der Waals surface area contributed by atoms with E-state index in [1.54, 1.807) is 10.7 Å². The van der Waals surface area contributed by atoms with Gasteiger partial charge in [-0.3, -0.25) is 0 Å². The van der Waals surface area contributed by atoms with E-state index in [4.69, 9.17) is 4.74 Å². The molecule has 0 spiro atoms. The summed E-state index contributed by atoms with van der Waals surface area (Å²) in [6.07, 6.45) is 0.147. The van der Waals surface area contributed by atoms with Gasteiger partial charge in [0.15, 0.2) is 0 Å². The summed E-state index contributed by atoms with van der Waals surface area (Å²) in [5, 5.41) is 18.2. The van der Waals surface area contributed by atoms with E-state index in [0.717, 1.165) is 23.2 Å². The van der Waals surface area contributed by atoms with Crippen LogP contribution in [0.25, 0.3) is 16.7 Å². The first-order chi connectivity index (χ1) is 9.33. The summed E-state index contributed by atoms with van der Waals surface area (Å²) in [4.78, 5) is 0. The molecule has 1 aromatic heterocycles. The normalized spacial score (nSPS) is 17.8. The number of phenols is 1. The number of rotatable bonds is 2. The molecule has 1 atom stereocenters. The maximum absolute atomic E-state index is 10.0. The summed E-state index contributed by atoms with van der Waals surface area (Å²) in [7, 11) is 0. The van der Waals surface area contributed by atoms with Gasteiger partial charge in [0, 0.05) is 0 Å². The lowest BCUT2D eigenvalue weighted by atomic mass is 10.1. The molecular weight excluding hydrogens is 242 g/mol. The average molecular weight is 253 g/mol. The first-order valence-corrected chi connectivity index (χ1v) is 6.08. The molecule has 4 rings (SSSR count). The average Bonchev–Trinajstić information content (AvgIpc) is 3.20. The molecule has 1 N–H and O–H groups in total. The van der Waals surface area contributed by atoms with Gasteiger partial charge in [0.05, 0.1) is 12.1 Å². The van der Waals surface area contributed by atoms with Crippen LogP contribution in [0, 0.1) is 0 Å². The summed E-state index contributed by atoms with van der Waals surface area (Å²) in [5.41, 5.74) is 3.34. The minimum Gasteiger partial charge on any atom is -0.506 e. The van der Waals surface area contributed by atoms with Crippen LogP contribution in [0.5, 0.6) is 5.75 Å². The van der Waals surface area contributed by atoms with E-state index in [1.165, 1.54) is 0 Å². The molecule has 5 nitrogen and oxygen atoms in total. The molecule has 1 aliphatic rings. The quantitative estimate of drug-likeness (QED) is 0.711. The number of para-hydroxylation sites is 1. The Morgan fingerprint density at radius 3 is 2.89 bits per heavy atom. The first-order valence-electron chi connectivity index (χ1n) is 6.08. The van der Waals surface area contributed by atoms with Crippen molar-refractivity contribution in [3.05, 3.63) is 48.0 Å². The van der Waals surface area contributed by atoms with Crippen LogP contribution in [0.1, 0.15) is 11.7 Å². The highest BCUT2D eigenvalue weighted by atomic mass is 16.6. The fraction of sp³-hybridized carbons (Fsp3) is 0.143. The first kappa shape index (κ1) is 10.5. The van der Waals surface area contributed by atoms with Gasteiger partial charge in [-0.05, 0) is 29.8 Å². The summed E-state index contributed by atoms with van der Waals surface area (Å²) < 4.78 is 6.92. The Kier molecular flexibility index (Phi) is 2.10. The predicted molar refractivity (Wildman–Crippen MR) is 69.2 cm³/mol. The number of phenolic OH excluding ortho intramolecular Hbond substituents is 1. The van der Waals surface area contributed by atoms with Crippen molar-refractivity contribution in [3.8, 4) is 11.4 Å². The molecule has 3 aromatic rings. The van der Waals surface area contributed by atoms with Crippen LogP contribution < -0.4 is 0 Å². The zero-order valence-electron chi connectivity index (χ0n) is 10.0. The summed E-state index contributed by atoms with van der Waals surface area (Å²) in [6, 6.07) is 13.1. The third kappa shape index (κ3) is 1.67. The number of ether oxygens (including phenoxy) is 1. The van der Waals surface area contributed by atoms with Crippen LogP contribution in [-0.2, 0) is 4.74 Å². The number of aromatic hydroxyl groups is 1. The highest BCUT2D eigenvalue weighted by Crippen LogP contribution is 2.34. The summed E-state index contributed by atoms with van der Waals surface area (Å²) in [5.74, 6) is 0.181. The Hall–Kier alpha value is -2.40. The molecule has 0 radical (unpaired) electrons. The van der Waals surface area contributed by atoms with Crippen molar-refractivity contribution in [2.75, 3.05) is 6.61 Å². The third-order valence-corrected chi connectivity index (χ3v) is 3.28. The zero-order valence-corrected chi connectivity index (χ0v) is 10.0. The lowest BCUT2D eigenvalue weighted by molar-refractivity contribution is 0.415. The van der Waals surface area contributed by atoms with Gasteiger partial charge in [-0.1, -0.05) is 23.4 Å². The van der Waals surface area contributed by atoms with Gasteiger partial charge in [-0.2, -0.15) is 0 Å². The third-order valence-electron chi connectivity index (χ3n) is 3.28. The molecule has 2 aromatic carbocycles. The van der Waals surface area contributed by atoms with Crippen LogP contribution in [-0.4, -0.2) is 26.7 Å². The van der Waals surface area contributed by atoms with Gasteiger partial charge in [0.2, 0.25) is 0 Å². The van der Waals surface area contributed by atoms with Gasteiger partial charge in [-0.15, -0.1) is 5.10 Å². The molecule has 94 valence electrons. The van der Waals surface area contributed by atoms with Crippen molar-refractivity contribution >= 4 is 11.0 Å². The number of fused-ring (bicyclic) bond motifs is 1. The Bertz CT molecular complexity index is 762. The fourth-order valence-corrected chi connectivity index (χ4v) is 2.20. The Morgan fingerprint density at radius 1 is 1.21 bits per heavy atom. The largest absolute Gasteiger partial charge is 0.506 e. The molecule has 0 amide bonds. The van der Waals surface area contributed by atoms with Gasteiger partial charge in [0.1, 0.15) is 23.1 Å². The van der Waals surface area contributed by atoms with E-state index in [9.17, 15) is 5.11 Å². The molecule has 1 fully saturated rings. The molecule has 1 unspecified atom stereocenters. The molecular formula is C14H11N3O2. The van der Waals surface area contributed by atoms with Crippen LogP contribution >= 0.6 is 0 Å². The van der Waals surface area contributed by atoms with E-state index >= 15 is 0 Å². The molecule has 0 bridgehead atoms. The Balaban J connectivity index is 1.93. The fourth-order valence-electron chi connectivity index (χ4n) is 2.20. The Labute approximate surface area is 109 Å². The second-order valence-electron chi connectivity index (χ2n) is 4.56. The van der Waals surface area contributed by atoms with Crippen molar-refractivity contribution in [1.29, 1.82) is 0 Å². The molecule has 5 heteroatoms. The molecule has 1 saturated heterocycles. The topological polar surface area (TPSA) is 63.5 Å². The number of epoxide rings is 1. The van der Waals surface area contributed by atoms with E-state index in [-0.39, 0.29) is 11.9 Å². The van der Waals surface area contributed by atoms with E-state index in [2.05, 4.69) is 10.3 Å². The van der Waals surface area contributed by atoms with E-state index in [1.807, 2.05) is 36.4 Å².